The van der Waals surface area contributed by atoms with Crippen LogP contribution in [0.4, 0.5) is 0 Å². The Morgan fingerprint density at radius 1 is 1.20 bits per heavy atom. The molecule has 1 aromatic rings. The highest BCUT2D eigenvalue weighted by Crippen LogP contribution is 2.34. The Hall–Kier alpha value is -0.820. The first-order valence-electron chi connectivity index (χ1n) is 5.99. The van der Waals surface area contributed by atoms with Gasteiger partial charge >= 0.3 is 0 Å². The molecular weight excluding hydrogens is 182 g/mol. The average molecular weight is 203 g/mol. The second kappa shape index (κ2) is 4.36. The van der Waals surface area contributed by atoms with Crippen LogP contribution >= 0.6 is 0 Å². The summed E-state index contributed by atoms with van der Waals surface area (Å²) in [4.78, 5) is 0. The van der Waals surface area contributed by atoms with E-state index in [0.717, 1.165) is 0 Å². The van der Waals surface area contributed by atoms with Gasteiger partial charge in [0.25, 0.3) is 0 Å². The minimum absolute atomic E-state index is 0.420. The highest BCUT2D eigenvalue weighted by Gasteiger charge is 2.21. The summed E-state index contributed by atoms with van der Waals surface area (Å²) < 4.78 is 0. The Labute approximate surface area is 92.7 Å². The van der Waals surface area contributed by atoms with Gasteiger partial charge in [-0.3, -0.25) is 0 Å². The van der Waals surface area contributed by atoms with Crippen LogP contribution in [0.5, 0.6) is 0 Å². The van der Waals surface area contributed by atoms with E-state index in [1.165, 1.54) is 42.4 Å². The maximum Gasteiger partial charge on any atom is 0.00446 e. The number of rotatable bonds is 1. The van der Waals surface area contributed by atoms with Crippen molar-refractivity contribution in [3.05, 3.63) is 34.9 Å². The number of hydrogen-bond acceptors (Lipinski definition) is 1. The molecular formula is C14H21N. The Balaban J connectivity index is 2.24. The van der Waals surface area contributed by atoms with Crippen LogP contribution in [0, 0.1) is 13.8 Å². The summed E-state index contributed by atoms with van der Waals surface area (Å²) in [6, 6.07) is 7.20. The molecule has 0 heterocycles. The van der Waals surface area contributed by atoms with E-state index in [2.05, 4.69) is 32.0 Å². The number of nitrogens with two attached hydrogens (primary N) is 1. The first-order valence-corrected chi connectivity index (χ1v) is 5.99. The van der Waals surface area contributed by atoms with E-state index in [9.17, 15) is 0 Å². The third-order valence-corrected chi connectivity index (χ3v) is 3.59. The van der Waals surface area contributed by atoms with E-state index < -0.39 is 0 Å². The standard InChI is InChI=1S/C14H21N/c1-10-6-7-11(2)14(8-10)12-4-3-5-13(15)9-12/h6-8,12-13H,3-5,9,15H2,1-2H3. The predicted octanol–water partition coefficient (Wildman–Crippen LogP) is 3.29. The molecule has 0 saturated heterocycles. The molecule has 1 aliphatic carbocycles. The highest BCUT2D eigenvalue weighted by atomic mass is 14.6. The van der Waals surface area contributed by atoms with Crippen LogP contribution in [0.3, 0.4) is 0 Å². The van der Waals surface area contributed by atoms with Crippen LogP contribution in [0.1, 0.15) is 48.3 Å². The van der Waals surface area contributed by atoms with Crippen molar-refractivity contribution in [3.8, 4) is 0 Å². The Bertz CT molecular complexity index is 343. The molecule has 1 aromatic carbocycles. The summed E-state index contributed by atoms with van der Waals surface area (Å²) in [6.45, 7) is 4.39. The smallest absolute Gasteiger partial charge is 0.00446 e. The molecule has 0 aliphatic heterocycles. The van der Waals surface area contributed by atoms with Crippen molar-refractivity contribution in [2.75, 3.05) is 0 Å². The van der Waals surface area contributed by atoms with Crippen LogP contribution in [-0.4, -0.2) is 6.04 Å². The summed E-state index contributed by atoms with van der Waals surface area (Å²) in [5.41, 5.74) is 10.4. The largest absolute Gasteiger partial charge is 0.328 e. The molecule has 0 bridgehead atoms. The summed E-state index contributed by atoms with van der Waals surface area (Å²) in [6.07, 6.45) is 4.99. The topological polar surface area (TPSA) is 26.0 Å². The Morgan fingerprint density at radius 2 is 2.00 bits per heavy atom. The van der Waals surface area contributed by atoms with Crippen molar-refractivity contribution in [2.24, 2.45) is 5.73 Å². The summed E-state index contributed by atoms with van der Waals surface area (Å²) in [5, 5.41) is 0. The average Bonchev–Trinajstić information content (AvgIpc) is 2.22. The molecule has 0 radical (unpaired) electrons. The van der Waals surface area contributed by atoms with Crippen molar-refractivity contribution in [3.63, 3.8) is 0 Å². The van der Waals surface area contributed by atoms with Gasteiger partial charge in [-0.25, -0.2) is 0 Å². The van der Waals surface area contributed by atoms with Gasteiger partial charge in [0.1, 0.15) is 0 Å². The molecule has 1 nitrogen and oxygen atoms in total. The molecule has 15 heavy (non-hydrogen) atoms. The summed E-state index contributed by atoms with van der Waals surface area (Å²) in [5.74, 6) is 0.702. The zero-order valence-corrected chi connectivity index (χ0v) is 9.79. The number of benzene rings is 1. The van der Waals surface area contributed by atoms with Crippen molar-refractivity contribution in [1.29, 1.82) is 0 Å². The van der Waals surface area contributed by atoms with Crippen molar-refractivity contribution >= 4 is 0 Å². The van der Waals surface area contributed by atoms with Gasteiger partial charge < -0.3 is 5.73 Å². The zero-order valence-electron chi connectivity index (χ0n) is 9.79. The third kappa shape index (κ3) is 2.40. The van der Waals surface area contributed by atoms with Crippen molar-refractivity contribution in [2.45, 2.75) is 51.5 Å². The fourth-order valence-corrected chi connectivity index (χ4v) is 2.71. The number of hydrogen-bond donors (Lipinski definition) is 1. The second-order valence-electron chi connectivity index (χ2n) is 4.98. The monoisotopic (exact) mass is 203 g/mol. The van der Waals surface area contributed by atoms with Gasteiger partial charge in [-0.05, 0) is 50.2 Å². The lowest BCUT2D eigenvalue weighted by molar-refractivity contribution is 0.392. The van der Waals surface area contributed by atoms with Crippen LogP contribution in [0.15, 0.2) is 18.2 Å². The molecule has 0 amide bonds. The van der Waals surface area contributed by atoms with Gasteiger partial charge in [-0.1, -0.05) is 30.2 Å². The van der Waals surface area contributed by atoms with Gasteiger partial charge in [0.2, 0.25) is 0 Å². The lowest BCUT2D eigenvalue weighted by Gasteiger charge is -2.28. The van der Waals surface area contributed by atoms with Crippen LogP contribution < -0.4 is 5.73 Å². The molecule has 0 aromatic heterocycles. The number of aryl methyl sites for hydroxylation is 2. The van der Waals surface area contributed by atoms with Crippen LogP contribution in [-0.2, 0) is 0 Å². The molecule has 2 unspecified atom stereocenters. The molecule has 1 saturated carbocycles. The lowest BCUT2D eigenvalue weighted by atomic mass is 9.80. The normalized spacial score (nSPS) is 26.6. The molecule has 2 atom stereocenters. The van der Waals surface area contributed by atoms with E-state index >= 15 is 0 Å². The van der Waals surface area contributed by atoms with Gasteiger partial charge in [0.15, 0.2) is 0 Å². The Morgan fingerprint density at radius 3 is 2.73 bits per heavy atom. The van der Waals surface area contributed by atoms with Gasteiger partial charge in [-0.15, -0.1) is 0 Å². The van der Waals surface area contributed by atoms with Gasteiger partial charge in [0, 0.05) is 6.04 Å². The SMILES string of the molecule is Cc1ccc(C)c(C2CCCC(N)C2)c1. The minimum Gasteiger partial charge on any atom is -0.328 e. The van der Waals surface area contributed by atoms with E-state index in [4.69, 9.17) is 5.73 Å². The van der Waals surface area contributed by atoms with E-state index in [1.54, 1.807) is 0 Å². The molecule has 2 N–H and O–H groups in total. The van der Waals surface area contributed by atoms with E-state index in [0.29, 0.717) is 12.0 Å². The zero-order chi connectivity index (χ0) is 10.8. The molecule has 0 spiro atoms. The summed E-state index contributed by atoms with van der Waals surface area (Å²) in [7, 11) is 0. The lowest BCUT2D eigenvalue weighted by Crippen LogP contribution is -2.27. The first-order chi connectivity index (χ1) is 7.16. The molecule has 2 rings (SSSR count). The molecule has 1 fully saturated rings. The third-order valence-electron chi connectivity index (χ3n) is 3.59. The molecule has 82 valence electrons. The van der Waals surface area contributed by atoms with Crippen LogP contribution in [0.2, 0.25) is 0 Å². The summed E-state index contributed by atoms with van der Waals surface area (Å²) >= 11 is 0. The van der Waals surface area contributed by atoms with E-state index in [1.807, 2.05) is 0 Å². The highest BCUT2D eigenvalue weighted by molar-refractivity contribution is 5.33. The van der Waals surface area contributed by atoms with Crippen molar-refractivity contribution in [1.82, 2.24) is 0 Å². The fourth-order valence-electron chi connectivity index (χ4n) is 2.71. The minimum atomic E-state index is 0.420. The second-order valence-corrected chi connectivity index (χ2v) is 4.98. The van der Waals surface area contributed by atoms with Crippen molar-refractivity contribution < 1.29 is 0 Å². The maximum atomic E-state index is 6.05. The van der Waals surface area contributed by atoms with Crippen LogP contribution in [0.25, 0.3) is 0 Å². The predicted molar refractivity (Wildman–Crippen MR) is 65.1 cm³/mol. The molecule has 1 heteroatoms. The Kier molecular flexibility index (Phi) is 3.11. The van der Waals surface area contributed by atoms with Gasteiger partial charge in [-0.2, -0.15) is 0 Å². The van der Waals surface area contributed by atoms with Gasteiger partial charge in [0.05, 0.1) is 0 Å². The molecule has 1 aliphatic rings. The van der Waals surface area contributed by atoms with E-state index in [-0.39, 0.29) is 0 Å². The maximum absolute atomic E-state index is 6.05. The quantitative estimate of drug-likeness (QED) is 0.744. The fraction of sp³-hybridized carbons (Fsp3) is 0.571. The first kappa shape index (κ1) is 10.7.